The molecule has 1 rings (SSSR count). The van der Waals surface area contributed by atoms with E-state index in [-0.39, 0.29) is 39.4 Å². The van der Waals surface area contributed by atoms with E-state index >= 15 is 0 Å². The highest BCUT2D eigenvalue weighted by Crippen LogP contribution is 1.40. The summed E-state index contributed by atoms with van der Waals surface area (Å²) in [4.78, 5) is 0. The van der Waals surface area contributed by atoms with Gasteiger partial charge < -0.3 is 50.1 Å². The van der Waals surface area contributed by atoms with E-state index in [1.54, 1.807) is 0 Å². The molecule has 0 saturated carbocycles. The first-order valence-corrected chi connectivity index (χ1v) is 2.63. The number of rotatable bonds is 0. The van der Waals surface area contributed by atoms with Gasteiger partial charge in [-0.15, -0.1) is 0 Å². The molecule has 0 spiro atoms. The molecule has 1 aliphatic heterocycles. The topological polar surface area (TPSA) is 64.7 Å². The van der Waals surface area contributed by atoms with Crippen molar-refractivity contribution in [2.75, 3.05) is 26.2 Å². The summed E-state index contributed by atoms with van der Waals surface area (Å²) in [5, 5.41) is 4.72. The van der Waals surface area contributed by atoms with E-state index < -0.39 is 0 Å². The Labute approximate surface area is 76.4 Å². The first-order valence-electron chi connectivity index (χ1n) is 2.63. The minimum absolute atomic E-state index is 0. The third kappa shape index (κ3) is 8.84. The molecule has 5 heteroatoms. The van der Waals surface area contributed by atoms with E-state index in [0.717, 1.165) is 0 Å². The fourth-order valence-electron chi connectivity index (χ4n) is 0.760. The first kappa shape index (κ1) is 16.4. The van der Waals surface area contributed by atoms with Crippen LogP contribution in [0.25, 0.3) is 0 Å². The maximum Gasteiger partial charge on any atom is 0.125 e. The molecular formula is C4H14Br2N2O. The SMILES string of the molecule is C1C[NH2+]CC[NH2+]1.O.[Br-].[Br-]. The van der Waals surface area contributed by atoms with Crippen molar-refractivity contribution < 1.29 is 50.1 Å². The summed E-state index contributed by atoms with van der Waals surface area (Å²) >= 11 is 0. The van der Waals surface area contributed by atoms with Crippen LogP contribution in [0, 0.1) is 0 Å². The van der Waals surface area contributed by atoms with Gasteiger partial charge in [-0.05, 0) is 0 Å². The van der Waals surface area contributed by atoms with E-state index in [1.807, 2.05) is 0 Å². The van der Waals surface area contributed by atoms with Crippen LogP contribution in [0.4, 0.5) is 0 Å². The lowest BCUT2D eigenvalue weighted by Crippen LogP contribution is -3.04. The molecule has 0 aromatic heterocycles. The summed E-state index contributed by atoms with van der Waals surface area (Å²) in [5.41, 5.74) is 0. The van der Waals surface area contributed by atoms with Crippen LogP contribution >= 0.6 is 0 Å². The molecule has 0 atom stereocenters. The summed E-state index contributed by atoms with van der Waals surface area (Å²) in [6.45, 7) is 5.28. The van der Waals surface area contributed by atoms with Gasteiger partial charge in [0.05, 0.1) is 0 Å². The van der Waals surface area contributed by atoms with Crippen LogP contribution < -0.4 is 44.6 Å². The van der Waals surface area contributed by atoms with Gasteiger partial charge in [-0.1, -0.05) is 0 Å². The van der Waals surface area contributed by atoms with Gasteiger partial charge in [0.25, 0.3) is 0 Å². The Bertz CT molecular complexity index is 32.0. The Morgan fingerprint density at radius 2 is 0.889 bits per heavy atom. The Morgan fingerprint density at radius 3 is 1.00 bits per heavy atom. The van der Waals surface area contributed by atoms with Crippen LogP contribution in [0.15, 0.2) is 0 Å². The van der Waals surface area contributed by atoms with Gasteiger partial charge in [0, 0.05) is 0 Å². The molecule has 3 nitrogen and oxygen atoms in total. The Kier molecular flexibility index (Phi) is 21.2. The second kappa shape index (κ2) is 11.6. The van der Waals surface area contributed by atoms with Crippen molar-refractivity contribution in [1.82, 2.24) is 0 Å². The molecule has 6 N–H and O–H groups in total. The fraction of sp³-hybridized carbons (Fsp3) is 1.00. The summed E-state index contributed by atoms with van der Waals surface area (Å²) < 4.78 is 0. The second-order valence-corrected chi connectivity index (χ2v) is 1.73. The standard InChI is InChI=1S/C4H10N2.2BrH.H2O/c1-2-6-4-3-5-1;;;/h5-6H,1-4H2;2*1H;1H2. The van der Waals surface area contributed by atoms with Crippen LogP contribution in [0.5, 0.6) is 0 Å². The average molecular weight is 266 g/mol. The normalized spacial score (nSPS) is 16.0. The third-order valence-electron chi connectivity index (χ3n) is 1.15. The largest absolute Gasteiger partial charge is 1.00 e. The van der Waals surface area contributed by atoms with Gasteiger partial charge in [0.1, 0.15) is 26.2 Å². The lowest BCUT2D eigenvalue weighted by atomic mass is 10.4. The van der Waals surface area contributed by atoms with Crippen molar-refractivity contribution in [1.29, 1.82) is 0 Å². The predicted molar refractivity (Wildman–Crippen MR) is 26.9 cm³/mol. The van der Waals surface area contributed by atoms with Crippen LogP contribution in [-0.4, -0.2) is 31.7 Å². The molecule has 9 heavy (non-hydrogen) atoms. The minimum Gasteiger partial charge on any atom is -1.00 e. The highest BCUT2D eigenvalue weighted by atomic mass is 79.9. The fourth-order valence-corrected chi connectivity index (χ4v) is 0.760. The van der Waals surface area contributed by atoms with E-state index in [0.29, 0.717) is 0 Å². The highest BCUT2D eigenvalue weighted by molar-refractivity contribution is 4.23. The molecular weight excluding hydrogens is 252 g/mol. The van der Waals surface area contributed by atoms with Gasteiger partial charge in [-0.3, -0.25) is 0 Å². The zero-order valence-electron chi connectivity index (χ0n) is 5.24. The van der Waals surface area contributed by atoms with Crippen molar-refractivity contribution in [2.24, 2.45) is 0 Å². The molecule has 0 bridgehead atoms. The number of quaternary nitrogens is 2. The van der Waals surface area contributed by atoms with Gasteiger partial charge in [0.2, 0.25) is 0 Å². The molecule has 1 heterocycles. The highest BCUT2D eigenvalue weighted by Gasteiger charge is 1.99. The summed E-state index contributed by atoms with van der Waals surface area (Å²) in [7, 11) is 0. The van der Waals surface area contributed by atoms with Crippen molar-refractivity contribution >= 4 is 0 Å². The van der Waals surface area contributed by atoms with Gasteiger partial charge in [-0.2, -0.15) is 0 Å². The third-order valence-corrected chi connectivity index (χ3v) is 1.15. The van der Waals surface area contributed by atoms with E-state index in [1.165, 1.54) is 26.2 Å². The lowest BCUT2D eigenvalue weighted by molar-refractivity contribution is -0.787. The molecule has 0 aromatic rings. The van der Waals surface area contributed by atoms with Crippen LogP contribution in [0.2, 0.25) is 0 Å². The second-order valence-electron chi connectivity index (χ2n) is 1.73. The smallest absolute Gasteiger partial charge is 0.125 e. The Balaban J connectivity index is -0.000000120. The quantitative estimate of drug-likeness (QED) is 0.437. The van der Waals surface area contributed by atoms with Gasteiger partial charge >= 0.3 is 0 Å². The number of hydrogen-bond donors (Lipinski definition) is 2. The van der Waals surface area contributed by atoms with Crippen LogP contribution in [0.1, 0.15) is 0 Å². The zero-order chi connectivity index (χ0) is 4.24. The monoisotopic (exact) mass is 264 g/mol. The summed E-state index contributed by atoms with van der Waals surface area (Å²) in [6, 6.07) is 0. The van der Waals surface area contributed by atoms with Crippen molar-refractivity contribution in [3.05, 3.63) is 0 Å². The van der Waals surface area contributed by atoms with E-state index in [2.05, 4.69) is 10.6 Å². The first-order chi connectivity index (χ1) is 3.00. The van der Waals surface area contributed by atoms with Crippen LogP contribution in [-0.2, 0) is 0 Å². The van der Waals surface area contributed by atoms with E-state index in [4.69, 9.17) is 0 Å². The Hall–Kier alpha value is 0.840. The van der Waals surface area contributed by atoms with Gasteiger partial charge in [-0.25, -0.2) is 0 Å². The van der Waals surface area contributed by atoms with E-state index in [9.17, 15) is 0 Å². The molecule has 0 radical (unpaired) electrons. The van der Waals surface area contributed by atoms with Crippen LogP contribution in [0.3, 0.4) is 0 Å². The number of hydrogen-bond acceptors (Lipinski definition) is 0. The molecule has 0 aliphatic carbocycles. The maximum absolute atomic E-state index is 2.36. The molecule has 1 aliphatic rings. The number of piperazine rings is 1. The molecule has 60 valence electrons. The maximum atomic E-state index is 2.36. The van der Waals surface area contributed by atoms with Crippen molar-refractivity contribution in [3.63, 3.8) is 0 Å². The number of halogens is 2. The molecule has 0 amide bonds. The zero-order valence-corrected chi connectivity index (χ0v) is 8.41. The number of nitrogens with two attached hydrogens (primary N) is 2. The van der Waals surface area contributed by atoms with Crippen molar-refractivity contribution in [3.8, 4) is 0 Å². The Morgan fingerprint density at radius 1 is 0.667 bits per heavy atom. The lowest BCUT2D eigenvalue weighted by Gasteiger charge is -2.04. The summed E-state index contributed by atoms with van der Waals surface area (Å²) in [5.74, 6) is 0. The molecule has 1 saturated heterocycles. The predicted octanol–water partition coefficient (Wildman–Crippen LogP) is -9.69. The molecule has 0 unspecified atom stereocenters. The van der Waals surface area contributed by atoms with Gasteiger partial charge in [0.15, 0.2) is 0 Å². The van der Waals surface area contributed by atoms with Crippen molar-refractivity contribution in [2.45, 2.75) is 0 Å². The molecule has 1 fully saturated rings. The molecule has 0 aromatic carbocycles. The minimum atomic E-state index is 0. The summed E-state index contributed by atoms with van der Waals surface area (Å²) in [6.07, 6.45) is 0. The average Bonchev–Trinajstić information content (AvgIpc) is 1.72.